The predicted octanol–water partition coefficient (Wildman–Crippen LogP) is 2.31. The molecule has 4 heteroatoms. The summed E-state index contributed by atoms with van der Waals surface area (Å²) >= 11 is 0. The van der Waals surface area contributed by atoms with Gasteiger partial charge in [-0.05, 0) is 19.1 Å². The SMILES string of the molecule is CC(=O)c1c(F)ccc(F)c1F. The summed E-state index contributed by atoms with van der Waals surface area (Å²) in [6, 6.07) is 1.35. The van der Waals surface area contributed by atoms with E-state index in [0.29, 0.717) is 6.07 Å². The molecule has 0 saturated heterocycles. The first-order valence-corrected chi connectivity index (χ1v) is 3.18. The number of halogens is 3. The molecule has 1 rings (SSSR count). The summed E-state index contributed by atoms with van der Waals surface area (Å²) in [5, 5.41) is 0. The molecule has 0 fully saturated rings. The molecule has 0 aliphatic rings. The summed E-state index contributed by atoms with van der Waals surface area (Å²) in [5.41, 5.74) is -0.824. The van der Waals surface area contributed by atoms with Gasteiger partial charge in [0.05, 0.1) is 5.56 Å². The van der Waals surface area contributed by atoms with E-state index in [1.807, 2.05) is 0 Å². The maximum atomic E-state index is 12.7. The number of hydrogen-bond donors (Lipinski definition) is 0. The minimum atomic E-state index is -1.43. The summed E-state index contributed by atoms with van der Waals surface area (Å²) in [5.74, 6) is -4.52. The van der Waals surface area contributed by atoms with Crippen LogP contribution in [-0.4, -0.2) is 5.78 Å². The minimum Gasteiger partial charge on any atom is -0.294 e. The number of benzene rings is 1. The molecule has 0 spiro atoms. The Bertz CT molecular complexity index is 333. The van der Waals surface area contributed by atoms with Crippen molar-refractivity contribution in [2.45, 2.75) is 6.92 Å². The minimum absolute atomic E-state index is 0.636. The topological polar surface area (TPSA) is 17.1 Å². The summed E-state index contributed by atoms with van der Waals surface area (Å²) in [4.78, 5) is 10.6. The third-order valence-corrected chi connectivity index (χ3v) is 1.40. The van der Waals surface area contributed by atoms with E-state index in [1.54, 1.807) is 0 Å². The van der Waals surface area contributed by atoms with Crippen LogP contribution in [0.5, 0.6) is 0 Å². The molecule has 0 bridgehead atoms. The van der Waals surface area contributed by atoms with Crippen LogP contribution in [0.15, 0.2) is 12.1 Å². The first kappa shape index (κ1) is 8.77. The molecule has 0 aromatic heterocycles. The Morgan fingerprint density at radius 1 is 1.17 bits per heavy atom. The van der Waals surface area contributed by atoms with Crippen LogP contribution in [0.3, 0.4) is 0 Å². The first-order chi connectivity index (χ1) is 5.54. The number of carbonyl (C=O) groups is 1. The van der Waals surface area contributed by atoms with Crippen LogP contribution < -0.4 is 0 Å². The van der Waals surface area contributed by atoms with Crippen molar-refractivity contribution < 1.29 is 18.0 Å². The zero-order valence-corrected chi connectivity index (χ0v) is 6.20. The summed E-state index contributed by atoms with van der Waals surface area (Å²) in [6.45, 7) is 0.973. The smallest absolute Gasteiger partial charge is 0.172 e. The van der Waals surface area contributed by atoms with Gasteiger partial charge in [-0.15, -0.1) is 0 Å². The lowest BCUT2D eigenvalue weighted by molar-refractivity contribution is 0.100. The molecule has 12 heavy (non-hydrogen) atoms. The van der Waals surface area contributed by atoms with Crippen molar-refractivity contribution in [2.75, 3.05) is 0 Å². The second kappa shape index (κ2) is 2.97. The first-order valence-electron chi connectivity index (χ1n) is 3.18. The van der Waals surface area contributed by atoms with Gasteiger partial charge in [-0.2, -0.15) is 0 Å². The highest BCUT2D eigenvalue weighted by Gasteiger charge is 2.16. The van der Waals surface area contributed by atoms with E-state index in [2.05, 4.69) is 0 Å². The highest BCUT2D eigenvalue weighted by molar-refractivity contribution is 5.94. The van der Waals surface area contributed by atoms with Gasteiger partial charge in [-0.1, -0.05) is 0 Å². The average Bonchev–Trinajstić information content (AvgIpc) is 1.97. The van der Waals surface area contributed by atoms with Gasteiger partial charge in [0.25, 0.3) is 0 Å². The van der Waals surface area contributed by atoms with Crippen LogP contribution in [-0.2, 0) is 0 Å². The van der Waals surface area contributed by atoms with Gasteiger partial charge in [0.2, 0.25) is 0 Å². The van der Waals surface area contributed by atoms with Gasteiger partial charge in [0.15, 0.2) is 17.4 Å². The fourth-order valence-electron chi connectivity index (χ4n) is 0.850. The molecule has 0 N–H and O–H groups in total. The summed E-state index contributed by atoms with van der Waals surface area (Å²) in [6.07, 6.45) is 0. The third kappa shape index (κ3) is 1.32. The highest BCUT2D eigenvalue weighted by atomic mass is 19.2. The Morgan fingerprint density at radius 2 is 1.67 bits per heavy atom. The number of rotatable bonds is 1. The van der Waals surface area contributed by atoms with Gasteiger partial charge >= 0.3 is 0 Å². The van der Waals surface area contributed by atoms with Crippen LogP contribution in [0.1, 0.15) is 17.3 Å². The molecule has 1 aromatic rings. The van der Waals surface area contributed by atoms with Crippen LogP contribution in [0, 0.1) is 17.5 Å². The van der Waals surface area contributed by atoms with E-state index in [-0.39, 0.29) is 0 Å². The molecule has 1 aromatic carbocycles. The molecule has 0 heterocycles. The summed E-state index contributed by atoms with van der Waals surface area (Å²) in [7, 11) is 0. The van der Waals surface area contributed by atoms with Gasteiger partial charge in [0.1, 0.15) is 5.82 Å². The molecule has 0 aliphatic carbocycles. The number of carbonyl (C=O) groups excluding carboxylic acids is 1. The zero-order chi connectivity index (χ0) is 9.30. The maximum Gasteiger partial charge on any atom is 0.172 e. The van der Waals surface area contributed by atoms with E-state index in [4.69, 9.17) is 0 Å². The van der Waals surface area contributed by atoms with Crippen LogP contribution in [0.4, 0.5) is 13.2 Å². The Labute approximate surface area is 66.8 Å². The lowest BCUT2D eigenvalue weighted by Gasteiger charge is -2.00. The van der Waals surface area contributed by atoms with Gasteiger partial charge in [-0.3, -0.25) is 4.79 Å². The van der Waals surface area contributed by atoms with Gasteiger partial charge in [-0.25, -0.2) is 13.2 Å². The second-order valence-electron chi connectivity index (χ2n) is 2.27. The predicted molar refractivity (Wildman–Crippen MR) is 36.3 cm³/mol. The van der Waals surface area contributed by atoms with E-state index >= 15 is 0 Å². The molecule has 64 valence electrons. The monoisotopic (exact) mass is 174 g/mol. The lowest BCUT2D eigenvalue weighted by Crippen LogP contribution is -2.03. The van der Waals surface area contributed by atoms with Crippen molar-refractivity contribution >= 4 is 5.78 Å². The van der Waals surface area contributed by atoms with Crippen molar-refractivity contribution in [2.24, 2.45) is 0 Å². The molecule has 0 unspecified atom stereocenters. The van der Waals surface area contributed by atoms with Crippen molar-refractivity contribution in [3.8, 4) is 0 Å². The zero-order valence-electron chi connectivity index (χ0n) is 6.20. The number of Topliss-reactive ketones (excluding diaryl/α,β-unsaturated/α-hetero) is 1. The molecule has 1 nitrogen and oxygen atoms in total. The normalized spacial score (nSPS) is 10.0. The van der Waals surface area contributed by atoms with Gasteiger partial charge in [0, 0.05) is 0 Å². The quantitative estimate of drug-likeness (QED) is 0.471. The Hall–Kier alpha value is -1.32. The molecule has 0 atom stereocenters. The van der Waals surface area contributed by atoms with E-state index in [9.17, 15) is 18.0 Å². The third-order valence-electron chi connectivity index (χ3n) is 1.40. The van der Waals surface area contributed by atoms with Gasteiger partial charge < -0.3 is 0 Å². The molecular formula is C8H5F3O. The molecule has 0 radical (unpaired) electrons. The van der Waals surface area contributed by atoms with Crippen molar-refractivity contribution in [1.82, 2.24) is 0 Å². The Kier molecular flexibility index (Phi) is 2.17. The maximum absolute atomic E-state index is 12.7. The van der Waals surface area contributed by atoms with Crippen molar-refractivity contribution in [1.29, 1.82) is 0 Å². The number of hydrogen-bond acceptors (Lipinski definition) is 1. The second-order valence-corrected chi connectivity index (χ2v) is 2.27. The van der Waals surface area contributed by atoms with Crippen LogP contribution in [0.2, 0.25) is 0 Å². The van der Waals surface area contributed by atoms with Crippen LogP contribution in [0.25, 0.3) is 0 Å². The Morgan fingerprint density at radius 3 is 2.08 bits per heavy atom. The highest BCUT2D eigenvalue weighted by Crippen LogP contribution is 2.15. The van der Waals surface area contributed by atoms with Crippen molar-refractivity contribution in [3.05, 3.63) is 35.1 Å². The number of ketones is 1. The Balaban J connectivity index is 3.43. The van der Waals surface area contributed by atoms with E-state index in [1.165, 1.54) is 0 Å². The fourth-order valence-corrected chi connectivity index (χ4v) is 0.850. The molecule has 0 aliphatic heterocycles. The average molecular weight is 174 g/mol. The van der Waals surface area contributed by atoms with E-state index in [0.717, 1.165) is 13.0 Å². The lowest BCUT2D eigenvalue weighted by atomic mass is 10.1. The largest absolute Gasteiger partial charge is 0.294 e. The molecule has 0 amide bonds. The van der Waals surface area contributed by atoms with Crippen LogP contribution >= 0.6 is 0 Å². The van der Waals surface area contributed by atoms with Crippen molar-refractivity contribution in [3.63, 3.8) is 0 Å². The standard InChI is InChI=1S/C8H5F3O/c1-4(12)7-5(9)2-3-6(10)8(7)11/h2-3H,1H3. The summed E-state index contributed by atoms with van der Waals surface area (Å²) < 4.78 is 37.8. The molecular weight excluding hydrogens is 169 g/mol. The molecule has 0 saturated carbocycles. The fraction of sp³-hybridized carbons (Fsp3) is 0.125. The van der Waals surface area contributed by atoms with E-state index < -0.39 is 28.8 Å².